The molecule has 0 aliphatic carbocycles. The van der Waals surface area contributed by atoms with Crippen LogP contribution in [0.2, 0.25) is 15.1 Å². The molecule has 0 N–H and O–H groups in total. The highest BCUT2D eigenvalue weighted by molar-refractivity contribution is 7.90. The molecule has 1 aromatic heterocycles. The molecule has 3 aromatic rings. The van der Waals surface area contributed by atoms with Crippen LogP contribution >= 0.6 is 46.4 Å². The molecule has 0 bridgehead atoms. The first kappa shape index (κ1) is 20.1. The molecule has 0 spiro atoms. The van der Waals surface area contributed by atoms with Crippen molar-refractivity contribution in [1.29, 1.82) is 0 Å². The van der Waals surface area contributed by atoms with Crippen LogP contribution in [0, 0.1) is 0 Å². The first-order chi connectivity index (χ1) is 13.2. The summed E-state index contributed by atoms with van der Waals surface area (Å²) in [6, 6.07) is 9.87. The average molecular weight is 476 g/mol. The normalized spacial score (nSPS) is 15.8. The van der Waals surface area contributed by atoms with E-state index in [0.717, 1.165) is 16.5 Å². The number of hydrogen-bond acceptors (Lipinski definition) is 3. The largest absolute Gasteiger partial charge is 0.297 e. The number of benzene rings is 2. The fraction of sp³-hybridized carbons (Fsp3) is 0.158. The molecular weight excluding hydrogens is 462 g/mol. The van der Waals surface area contributed by atoms with E-state index in [4.69, 9.17) is 46.4 Å². The lowest BCUT2D eigenvalue weighted by Gasteiger charge is -2.10. The van der Waals surface area contributed by atoms with E-state index >= 15 is 0 Å². The van der Waals surface area contributed by atoms with E-state index in [2.05, 4.69) is 4.90 Å². The molecule has 2 heterocycles. The summed E-state index contributed by atoms with van der Waals surface area (Å²) >= 11 is 24.6. The van der Waals surface area contributed by atoms with Gasteiger partial charge in [-0.3, -0.25) is 4.90 Å². The fourth-order valence-corrected chi connectivity index (χ4v) is 6.09. The van der Waals surface area contributed by atoms with E-state index in [9.17, 15) is 8.42 Å². The van der Waals surface area contributed by atoms with Crippen molar-refractivity contribution in [3.8, 4) is 0 Å². The Morgan fingerprint density at radius 1 is 0.929 bits per heavy atom. The standard InChI is InChI=1S/C19H14Cl4N2O2S/c1-24-8-13(17(23)10-24)12-9-25(18-5-3-2-4-11(12)18)28(26,27)19-7-15(21)14(20)6-16(19)22/h2-7,9H,8,10H2,1H3. The quantitative estimate of drug-likeness (QED) is 0.454. The first-order valence-corrected chi connectivity index (χ1v) is 11.2. The van der Waals surface area contributed by atoms with Gasteiger partial charge in [-0.25, -0.2) is 12.4 Å². The lowest BCUT2D eigenvalue weighted by Crippen LogP contribution is -2.14. The van der Waals surface area contributed by atoms with Crippen molar-refractivity contribution < 1.29 is 8.42 Å². The Morgan fingerprint density at radius 2 is 1.61 bits per heavy atom. The highest BCUT2D eigenvalue weighted by atomic mass is 35.5. The molecule has 1 aliphatic rings. The van der Waals surface area contributed by atoms with Crippen LogP contribution < -0.4 is 0 Å². The highest BCUT2D eigenvalue weighted by Crippen LogP contribution is 2.38. The molecule has 4 rings (SSSR count). The van der Waals surface area contributed by atoms with Gasteiger partial charge in [-0.2, -0.15) is 0 Å². The molecule has 1 aliphatic heterocycles. The number of rotatable bonds is 3. The van der Waals surface area contributed by atoms with Crippen LogP contribution in [0.4, 0.5) is 0 Å². The molecule has 0 unspecified atom stereocenters. The van der Waals surface area contributed by atoms with Crippen molar-refractivity contribution in [3.05, 3.63) is 68.3 Å². The minimum absolute atomic E-state index is 0.00609. The van der Waals surface area contributed by atoms with Crippen LogP contribution in [-0.2, 0) is 10.0 Å². The smallest absolute Gasteiger partial charge is 0.269 e. The zero-order chi connectivity index (χ0) is 20.2. The highest BCUT2D eigenvalue weighted by Gasteiger charge is 2.28. The Labute approximate surface area is 182 Å². The van der Waals surface area contributed by atoms with E-state index in [-0.39, 0.29) is 20.0 Å². The molecule has 0 saturated heterocycles. The van der Waals surface area contributed by atoms with Crippen LogP contribution in [0.3, 0.4) is 0 Å². The zero-order valence-electron chi connectivity index (χ0n) is 14.6. The first-order valence-electron chi connectivity index (χ1n) is 8.27. The fourth-order valence-electron chi connectivity index (χ4n) is 3.37. The summed E-state index contributed by atoms with van der Waals surface area (Å²) in [5.41, 5.74) is 2.23. The van der Waals surface area contributed by atoms with E-state index < -0.39 is 10.0 Å². The number of fused-ring (bicyclic) bond motifs is 1. The van der Waals surface area contributed by atoms with Gasteiger partial charge in [-0.1, -0.05) is 64.6 Å². The monoisotopic (exact) mass is 474 g/mol. The molecule has 0 saturated carbocycles. The minimum atomic E-state index is -4.01. The molecule has 0 radical (unpaired) electrons. The van der Waals surface area contributed by atoms with E-state index in [1.54, 1.807) is 18.3 Å². The predicted octanol–water partition coefficient (Wildman–Crippen LogP) is 5.73. The van der Waals surface area contributed by atoms with E-state index in [1.165, 1.54) is 16.1 Å². The topological polar surface area (TPSA) is 42.3 Å². The number of hydrogen-bond donors (Lipinski definition) is 0. The van der Waals surface area contributed by atoms with Gasteiger partial charge < -0.3 is 0 Å². The van der Waals surface area contributed by atoms with Crippen molar-refractivity contribution in [1.82, 2.24) is 8.87 Å². The summed E-state index contributed by atoms with van der Waals surface area (Å²) in [6.45, 7) is 1.27. The van der Waals surface area contributed by atoms with Crippen LogP contribution in [0.15, 0.2) is 52.5 Å². The lowest BCUT2D eigenvalue weighted by molar-refractivity contribution is 0.436. The molecule has 0 atom stereocenters. The van der Waals surface area contributed by atoms with Gasteiger partial charge in [0.25, 0.3) is 10.0 Å². The Hall–Kier alpha value is -1.21. The lowest BCUT2D eigenvalue weighted by atomic mass is 10.1. The summed E-state index contributed by atoms with van der Waals surface area (Å²) in [6.07, 6.45) is 1.59. The van der Waals surface area contributed by atoms with Crippen molar-refractivity contribution in [2.45, 2.75) is 4.90 Å². The second-order valence-corrected chi connectivity index (χ2v) is 10.1. The molecule has 9 heteroatoms. The van der Waals surface area contributed by atoms with Gasteiger partial charge in [0, 0.05) is 35.3 Å². The maximum absolute atomic E-state index is 13.4. The van der Waals surface area contributed by atoms with Crippen molar-refractivity contribution >= 4 is 72.9 Å². The molecule has 0 fully saturated rings. The van der Waals surface area contributed by atoms with Gasteiger partial charge in [0.1, 0.15) is 4.90 Å². The third-order valence-electron chi connectivity index (χ3n) is 4.68. The number of halogens is 4. The van der Waals surface area contributed by atoms with E-state index in [0.29, 0.717) is 23.6 Å². The second-order valence-electron chi connectivity index (χ2n) is 6.61. The summed E-state index contributed by atoms with van der Waals surface area (Å²) < 4.78 is 28.1. The Kier molecular flexibility index (Phi) is 5.19. The second kappa shape index (κ2) is 7.24. The van der Waals surface area contributed by atoms with Crippen molar-refractivity contribution in [2.75, 3.05) is 20.1 Å². The van der Waals surface area contributed by atoms with Crippen LogP contribution in [0.5, 0.6) is 0 Å². The van der Waals surface area contributed by atoms with Gasteiger partial charge in [0.2, 0.25) is 0 Å². The minimum Gasteiger partial charge on any atom is -0.297 e. The Balaban J connectivity index is 1.98. The molecule has 2 aromatic carbocycles. The predicted molar refractivity (Wildman–Crippen MR) is 116 cm³/mol. The summed E-state index contributed by atoms with van der Waals surface area (Å²) in [7, 11) is -2.05. The number of para-hydroxylation sites is 1. The molecular formula is C19H14Cl4N2O2S. The van der Waals surface area contributed by atoms with Crippen molar-refractivity contribution in [3.63, 3.8) is 0 Å². The average Bonchev–Trinajstić information content (AvgIpc) is 3.18. The number of likely N-dealkylation sites (N-methyl/N-ethyl adjacent to an activating group) is 1. The Bertz CT molecular complexity index is 1250. The maximum atomic E-state index is 13.4. The van der Waals surface area contributed by atoms with Gasteiger partial charge in [-0.15, -0.1) is 0 Å². The van der Waals surface area contributed by atoms with Gasteiger partial charge >= 0.3 is 0 Å². The molecule has 28 heavy (non-hydrogen) atoms. The summed E-state index contributed by atoms with van der Waals surface area (Å²) in [5.74, 6) is 0. The summed E-state index contributed by atoms with van der Waals surface area (Å²) in [4.78, 5) is 1.95. The number of nitrogens with zero attached hydrogens (tertiary/aromatic N) is 2. The van der Waals surface area contributed by atoms with Crippen LogP contribution in [-0.4, -0.2) is 37.4 Å². The molecule has 146 valence electrons. The third-order valence-corrected chi connectivity index (χ3v) is 7.89. The summed E-state index contributed by atoms with van der Waals surface area (Å²) in [5, 5.41) is 1.81. The number of aromatic nitrogens is 1. The zero-order valence-corrected chi connectivity index (χ0v) is 18.4. The van der Waals surface area contributed by atoms with Crippen molar-refractivity contribution in [2.24, 2.45) is 0 Å². The van der Waals surface area contributed by atoms with Gasteiger partial charge in [-0.05, 0) is 30.8 Å². The Morgan fingerprint density at radius 3 is 2.29 bits per heavy atom. The van der Waals surface area contributed by atoms with E-state index in [1.807, 2.05) is 19.2 Å². The molecule has 4 nitrogen and oxygen atoms in total. The maximum Gasteiger partial charge on any atom is 0.269 e. The third kappa shape index (κ3) is 3.24. The van der Waals surface area contributed by atoms with Gasteiger partial charge in [0.15, 0.2) is 0 Å². The van der Waals surface area contributed by atoms with Crippen LogP contribution in [0.25, 0.3) is 16.5 Å². The van der Waals surface area contributed by atoms with Gasteiger partial charge in [0.05, 0.1) is 20.6 Å². The molecule has 0 amide bonds. The SMILES string of the molecule is CN1CC(Cl)=C(c2cn(S(=O)(=O)c3cc(Cl)c(Cl)cc3Cl)c3ccccc23)C1. The van der Waals surface area contributed by atoms with Crippen LogP contribution in [0.1, 0.15) is 5.56 Å².